The van der Waals surface area contributed by atoms with E-state index in [-0.39, 0.29) is 51.7 Å². The lowest BCUT2D eigenvalue weighted by molar-refractivity contribution is -0.385. The maximum absolute atomic E-state index is 12.7. The third-order valence-electron chi connectivity index (χ3n) is 5.04. The van der Waals surface area contributed by atoms with Gasteiger partial charge in [-0.2, -0.15) is 0 Å². The standard InChI is InChI=1S/C25H18ClN3O9/c1-35-18-3-5-19(6-4-18)37-21-11-15(10-17(12-21)29(33)34)27-25(30)24-9-7-20(38-24)14-36-23-8-2-16(28(31)32)13-22(23)26/h2-13H,14H2,1H3,(H,27,30). The van der Waals surface area contributed by atoms with Crippen molar-refractivity contribution in [1.82, 2.24) is 0 Å². The Kier molecular flexibility index (Phi) is 7.73. The highest BCUT2D eigenvalue weighted by molar-refractivity contribution is 6.32. The summed E-state index contributed by atoms with van der Waals surface area (Å²) in [4.78, 5) is 33.8. The summed E-state index contributed by atoms with van der Waals surface area (Å²) in [5.74, 6) is 0.875. The Morgan fingerprint density at radius 2 is 1.61 bits per heavy atom. The van der Waals surface area contributed by atoms with Gasteiger partial charge in [0.25, 0.3) is 17.3 Å². The van der Waals surface area contributed by atoms with Gasteiger partial charge in [-0.15, -0.1) is 0 Å². The predicted octanol–water partition coefficient (Wildman–Crippen LogP) is 6.38. The van der Waals surface area contributed by atoms with Crippen LogP contribution in [-0.2, 0) is 6.61 Å². The van der Waals surface area contributed by atoms with Crippen molar-refractivity contribution in [3.8, 4) is 23.0 Å². The van der Waals surface area contributed by atoms with Gasteiger partial charge in [-0.3, -0.25) is 25.0 Å². The van der Waals surface area contributed by atoms with E-state index in [1.165, 1.54) is 49.6 Å². The molecule has 4 rings (SSSR count). The first-order chi connectivity index (χ1) is 18.2. The Balaban J connectivity index is 1.44. The van der Waals surface area contributed by atoms with Crippen LogP contribution in [0.15, 0.2) is 77.2 Å². The molecule has 0 radical (unpaired) electrons. The van der Waals surface area contributed by atoms with Crippen LogP contribution in [-0.4, -0.2) is 22.9 Å². The second-order valence-corrected chi connectivity index (χ2v) is 8.04. The number of nitrogens with one attached hydrogen (secondary N) is 1. The van der Waals surface area contributed by atoms with Gasteiger partial charge in [0.1, 0.15) is 35.4 Å². The molecule has 0 saturated heterocycles. The van der Waals surface area contributed by atoms with Gasteiger partial charge in [0.05, 0.1) is 33.7 Å². The van der Waals surface area contributed by atoms with E-state index in [4.69, 9.17) is 30.2 Å². The molecule has 0 unspecified atom stereocenters. The minimum atomic E-state index is -0.666. The van der Waals surface area contributed by atoms with Crippen LogP contribution in [0.5, 0.6) is 23.0 Å². The van der Waals surface area contributed by atoms with Crippen molar-refractivity contribution in [3.63, 3.8) is 0 Å². The van der Waals surface area contributed by atoms with Crippen LogP contribution < -0.4 is 19.5 Å². The van der Waals surface area contributed by atoms with E-state index in [1.807, 2.05) is 0 Å². The molecule has 3 aromatic carbocycles. The number of furan rings is 1. The van der Waals surface area contributed by atoms with Gasteiger partial charge < -0.3 is 23.9 Å². The smallest absolute Gasteiger partial charge is 0.291 e. The van der Waals surface area contributed by atoms with E-state index in [9.17, 15) is 25.0 Å². The van der Waals surface area contributed by atoms with E-state index in [1.54, 1.807) is 24.3 Å². The summed E-state index contributed by atoms with van der Waals surface area (Å²) < 4.78 is 21.8. The number of carbonyl (C=O) groups excluding carboxylic acids is 1. The molecule has 1 heterocycles. The molecule has 13 heteroatoms. The van der Waals surface area contributed by atoms with Crippen molar-refractivity contribution in [2.24, 2.45) is 0 Å². The van der Waals surface area contributed by atoms with Crippen molar-refractivity contribution in [2.45, 2.75) is 6.61 Å². The number of amides is 1. The summed E-state index contributed by atoms with van der Waals surface area (Å²) in [7, 11) is 1.52. The Hall–Kier alpha value is -5.10. The lowest BCUT2D eigenvalue weighted by atomic mass is 10.2. The zero-order valence-corrected chi connectivity index (χ0v) is 20.3. The maximum Gasteiger partial charge on any atom is 0.291 e. The summed E-state index contributed by atoms with van der Waals surface area (Å²) in [6.45, 7) is -0.110. The Morgan fingerprint density at radius 3 is 2.26 bits per heavy atom. The van der Waals surface area contributed by atoms with E-state index >= 15 is 0 Å². The molecule has 1 aromatic heterocycles. The number of carbonyl (C=O) groups is 1. The molecule has 4 aromatic rings. The molecule has 0 atom stereocenters. The zero-order valence-electron chi connectivity index (χ0n) is 19.6. The number of nitrogens with zero attached hydrogens (tertiary/aromatic N) is 2. The number of nitro benzene ring substituents is 2. The van der Waals surface area contributed by atoms with Crippen molar-refractivity contribution >= 4 is 34.6 Å². The zero-order chi connectivity index (χ0) is 27.2. The normalized spacial score (nSPS) is 10.5. The molecule has 0 bridgehead atoms. The van der Waals surface area contributed by atoms with Crippen molar-refractivity contribution < 1.29 is 33.3 Å². The van der Waals surface area contributed by atoms with E-state index in [2.05, 4.69) is 5.32 Å². The highest BCUT2D eigenvalue weighted by Gasteiger charge is 2.17. The molecule has 0 aliphatic rings. The van der Waals surface area contributed by atoms with Gasteiger partial charge >= 0.3 is 0 Å². The van der Waals surface area contributed by atoms with Crippen LogP contribution in [0.3, 0.4) is 0 Å². The second kappa shape index (κ2) is 11.3. The maximum atomic E-state index is 12.7. The summed E-state index contributed by atoms with van der Waals surface area (Å²) >= 11 is 6.01. The summed E-state index contributed by atoms with van der Waals surface area (Å²) in [6.07, 6.45) is 0. The first-order valence-corrected chi connectivity index (χ1v) is 11.2. The minimum Gasteiger partial charge on any atom is -0.497 e. The molecule has 38 heavy (non-hydrogen) atoms. The van der Waals surface area contributed by atoms with Gasteiger partial charge in [0, 0.05) is 24.3 Å². The highest BCUT2D eigenvalue weighted by Crippen LogP contribution is 2.32. The predicted molar refractivity (Wildman–Crippen MR) is 135 cm³/mol. The van der Waals surface area contributed by atoms with Crippen LogP contribution in [0.25, 0.3) is 0 Å². The fourth-order valence-electron chi connectivity index (χ4n) is 3.24. The topological polar surface area (TPSA) is 156 Å². The molecular formula is C25H18ClN3O9. The van der Waals surface area contributed by atoms with Gasteiger partial charge in [-0.05, 0) is 42.5 Å². The molecule has 0 fully saturated rings. The Morgan fingerprint density at radius 1 is 0.895 bits per heavy atom. The number of ether oxygens (including phenoxy) is 3. The fourth-order valence-corrected chi connectivity index (χ4v) is 3.47. The lowest BCUT2D eigenvalue weighted by Crippen LogP contribution is -2.11. The lowest BCUT2D eigenvalue weighted by Gasteiger charge is -2.09. The number of benzene rings is 3. The van der Waals surface area contributed by atoms with Crippen LogP contribution in [0.2, 0.25) is 5.02 Å². The number of nitro groups is 2. The average molecular weight is 540 g/mol. The number of non-ortho nitro benzene ring substituents is 2. The van der Waals surface area contributed by atoms with Crippen LogP contribution in [0.1, 0.15) is 16.3 Å². The molecule has 1 amide bonds. The molecular weight excluding hydrogens is 522 g/mol. The first-order valence-electron chi connectivity index (χ1n) is 10.8. The number of hydrogen-bond donors (Lipinski definition) is 1. The van der Waals surface area contributed by atoms with Gasteiger partial charge in [-0.25, -0.2) is 0 Å². The first kappa shape index (κ1) is 26.0. The van der Waals surface area contributed by atoms with Crippen molar-refractivity contribution in [1.29, 1.82) is 0 Å². The second-order valence-electron chi connectivity index (χ2n) is 7.63. The number of halogens is 1. The molecule has 12 nitrogen and oxygen atoms in total. The molecule has 194 valence electrons. The third-order valence-corrected chi connectivity index (χ3v) is 5.33. The van der Waals surface area contributed by atoms with Crippen LogP contribution >= 0.6 is 11.6 Å². The highest BCUT2D eigenvalue weighted by atomic mass is 35.5. The summed E-state index contributed by atoms with van der Waals surface area (Å²) in [6, 6.07) is 17.1. The Labute approximate surface area is 219 Å². The average Bonchev–Trinajstić information content (AvgIpc) is 3.37. The minimum absolute atomic E-state index is 0.0436. The number of anilines is 1. The van der Waals surface area contributed by atoms with Crippen LogP contribution in [0, 0.1) is 20.2 Å². The largest absolute Gasteiger partial charge is 0.497 e. The fraction of sp³-hybridized carbons (Fsp3) is 0.0800. The third kappa shape index (κ3) is 6.36. The molecule has 0 spiro atoms. The quantitative estimate of drug-likeness (QED) is 0.178. The van der Waals surface area contributed by atoms with Gasteiger partial charge in [0.2, 0.25) is 0 Å². The van der Waals surface area contributed by atoms with E-state index < -0.39 is 15.8 Å². The molecule has 0 aliphatic carbocycles. The van der Waals surface area contributed by atoms with Gasteiger partial charge in [0.15, 0.2) is 5.76 Å². The summed E-state index contributed by atoms with van der Waals surface area (Å²) in [5.41, 5.74) is -0.364. The van der Waals surface area contributed by atoms with Crippen molar-refractivity contribution in [3.05, 3.63) is 110 Å². The van der Waals surface area contributed by atoms with Crippen molar-refractivity contribution in [2.75, 3.05) is 12.4 Å². The number of rotatable bonds is 10. The van der Waals surface area contributed by atoms with Crippen LogP contribution in [0.4, 0.5) is 17.1 Å². The monoisotopic (exact) mass is 539 g/mol. The summed E-state index contributed by atoms with van der Waals surface area (Å²) in [5, 5.41) is 24.8. The number of hydrogen-bond acceptors (Lipinski definition) is 9. The molecule has 0 saturated carbocycles. The number of methoxy groups -OCH3 is 1. The van der Waals surface area contributed by atoms with Gasteiger partial charge in [-0.1, -0.05) is 11.6 Å². The molecule has 1 N–H and O–H groups in total. The van der Waals surface area contributed by atoms with E-state index in [0.717, 1.165) is 6.07 Å². The van der Waals surface area contributed by atoms with E-state index in [0.29, 0.717) is 11.5 Å². The Bertz CT molecular complexity index is 1500. The SMILES string of the molecule is COc1ccc(Oc2cc(NC(=O)c3ccc(COc4ccc([N+](=O)[O-])cc4Cl)o3)cc([N+](=O)[O-])c2)cc1. The molecule has 0 aliphatic heterocycles.